The Balaban J connectivity index is 3.42. The molecule has 14 heavy (non-hydrogen) atoms. The molecule has 0 aromatic heterocycles. The Morgan fingerprint density at radius 1 is 1.29 bits per heavy atom. The van der Waals surface area contributed by atoms with Crippen LogP contribution in [0.3, 0.4) is 0 Å². The van der Waals surface area contributed by atoms with Gasteiger partial charge in [-0.1, -0.05) is 6.08 Å². The van der Waals surface area contributed by atoms with E-state index in [4.69, 9.17) is 10.8 Å². The molecule has 0 spiro atoms. The molecule has 4 heteroatoms. The Morgan fingerprint density at radius 3 is 2.07 bits per heavy atom. The van der Waals surface area contributed by atoms with Crippen molar-refractivity contribution in [2.45, 2.75) is 12.5 Å². The van der Waals surface area contributed by atoms with Crippen molar-refractivity contribution >= 4 is 0 Å². The second-order valence-electron chi connectivity index (χ2n) is 3.35. The fourth-order valence-corrected chi connectivity index (χ4v) is 1.25. The molecule has 1 aromatic carbocycles. The van der Waals surface area contributed by atoms with Crippen LogP contribution in [0.2, 0.25) is 0 Å². The predicted molar refractivity (Wildman–Crippen MR) is 53.2 cm³/mol. The third-order valence-corrected chi connectivity index (χ3v) is 2.04. The van der Waals surface area contributed by atoms with Crippen molar-refractivity contribution in [1.29, 1.82) is 0 Å². The molecular weight excluding hydrogens is 182 g/mol. The lowest BCUT2D eigenvalue weighted by Crippen LogP contribution is -2.30. The fraction of sp³-hybridized carbons (Fsp3) is 0.200. The summed E-state index contributed by atoms with van der Waals surface area (Å²) in [6.07, 6.45) is 1.40. The summed E-state index contributed by atoms with van der Waals surface area (Å²) in [6.45, 7) is 5.09. The SMILES string of the molecule is C=C[C@@](C)(N)c1c(O)cc(O)cc1O. The Morgan fingerprint density at radius 2 is 1.71 bits per heavy atom. The van der Waals surface area contributed by atoms with Crippen molar-refractivity contribution in [2.24, 2.45) is 5.73 Å². The van der Waals surface area contributed by atoms with E-state index >= 15 is 0 Å². The monoisotopic (exact) mass is 195 g/mol. The Bertz CT molecular complexity index is 349. The average molecular weight is 195 g/mol. The van der Waals surface area contributed by atoms with E-state index in [1.54, 1.807) is 6.92 Å². The van der Waals surface area contributed by atoms with Gasteiger partial charge in [0.2, 0.25) is 0 Å². The fourth-order valence-electron chi connectivity index (χ4n) is 1.25. The highest BCUT2D eigenvalue weighted by atomic mass is 16.3. The predicted octanol–water partition coefficient (Wildman–Crippen LogP) is 1.16. The first-order valence-corrected chi connectivity index (χ1v) is 4.06. The van der Waals surface area contributed by atoms with Gasteiger partial charge in [0.05, 0.1) is 11.1 Å². The zero-order chi connectivity index (χ0) is 10.9. The van der Waals surface area contributed by atoms with Crippen LogP contribution in [0.15, 0.2) is 24.8 Å². The van der Waals surface area contributed by atoms with Gasteiger partial charge in [0, 0.05) is 12.1 Å². The Kier molecular flexibility index (Phi) is 2.40. The maximum absolute atomic E-state index is 9.49. The standard InChI is InChI=1S/C10H13NO3/c1-3-10(2,11)9-7(13)4-6(12)5-8(9)14/h3-5,12-14H,1,11H2,2H3/t10-/m1/s1. The summed E-state index contributed by atoms with van der Waals surface area (Å²) < 4.78 is 0. The summed E-state index contributed by atoms with van der Waals surface area (Å²) in [6, 6.07) is 2.23. The molecule has 1 rings (SSSR count). The van der Waals surface area contributed by atoms with Crippen LogP contribution in [0.5, 0.6) is 17.2 Å². The van der Waals surface area contributed by atoms with Gasteiger partial charge in [-0.25, -0.2) is 0 Å². The maximum atomic E-state index is 9.49. The van der Waals surface area contributed by atoms with E-state index in [-0.39, 0.29) is 22.8 Å². The van der Waals surface area contributed by atoms with Crippen LogP contribution in [0.25, 0.3) is 0 Å². The topological polar surface area (TPSA) is 86.7 Å². The highest BCUT2D eigenvalue weighted by Gasteiger charge is 2.25. The van der Waals surface area contributed by atoms with Crippen molar-refractivity contribution in [3.63, 3.8) is 0 Å². The minimum absolute atomic E-state index is 0.144. The molecule has 0 aliphatic heterocycles. The van der Waals surface area contributed by atoms with E-state index in [0.717, 1.165) is 12.1 Å². The number of hydrogen-bond acceptors (Lipinski definition) is 4. The van der Waals surface area contributed by atoms with Gasteiger partial charge in [0.15, 0.2) is 0 Å². The number of rotatable bonds is 2. The number of nitrogens with two attached hydrogens (primary N) is 1. The molecule has 0 saturated heterocycles. The zero-order valence-electron chi connectivity index (χ0n) is 7.86. The van der Waals surface area contributed by atoms with Gasteiger partial charge >= 0.3 is 0 Å². The second-order valence-corrected chi connectivity index (χ2v) is 3.35. The normalized spacial score (nSPS) is 14.7. The van der Waals surface area contributed by atoms with Crippen LogP contribution in [-0.2, 0) is 5.54 Å². The lowest BCUT2D eigenvalue weighted by atomic mass is 9.91. The van der Waals surface area contributed by atoms with E-state index in [0.29, 0.717) is 0 Å². The molecule has 0 radical (unpaired) electrons. The van der Waals surface area contributed by atoms with Crippen LogP contribution in [0.4, 0.5) is 0 Å². The van der Waals surface area contributed by atoms with E-state index < -0.39 is 5.54 Å². The van der Waals surface area contributed by atoms with Gasteiger partial charge < -0.3 is 21.1 Å². The molecule has 5 N–H and O–H groups in total. The summed E-state index contributed by atoms with van der Waals surface area (Å²) in [5.41, 5.74) is 4.87. The molecule has 0 saturated carbocycles. The number of aromatic hydroxyl groups is 3. The minimum Gasteiger partial charge on any atom is -0.508 e. The van der Waals surface area contributed by atoms with Crippen molar-refractivity contribution in [3.05, 3.63) is 30.4 Å². The van der Waals surface area contributed by atoms with Crippen molar-refractivity contribution < 1.29 is 15.3 Å². The van der Waals surface area contributed by atoms with Gasteiger partial charge in [0.1, 0.15) is 17.2 Å². The molecule has 76 valence electrons. The molecule has 0 bridgehead atoms. The molecule has 0 amide bonds. The van der Waals surface area contributed by atoms with Gasteiger partial charge in [-0.15, -0.1) is 6.58 Å². The molecule has 1 atom stereocenters. The van der Waals surface area contributed by atoms with Gasteiger partial charge in [0.25, 0.3) is 0 Å². The van der Waals surface area contributed by atoms with E-state index in [2.05, 4.69) is 6.58 Å². The summed E-state index contributed by atoms with van der Waals surface area (Å²) in [5.74, 6) is -0.733. The lowest BCUT2D eigenvalue weighted by molar-refractivity contribution is 0.402. The molecule has 4 nitrogen and oxygen atoms in total. The van der Waals surface area contributed by atoms with Gasteiger partial charge in [-0.05, 0) is 6.92 Å². The molecular formula is C10H13NO3. The van der Waals surface area contributed by atoms with Crippen molar-refractivity contribution in [3.8, 4) is 17.2 Å². The number of hydrogen-bond donors (Lipinski definition) is 4. The first-order chi connectivity index (χ1) is 6.38. The maximum Gasteiger partial charge on any atom is 0.128 e. The van der Waals surface area contributed by atoms with E-state index in [1.807, 2.05) is 0 Å². The lowest BCUT2D eigenvalue weighted by Gasteiger charge is -2.22. The van der Waals surface area contributed by atoms with Crippen LogP contribution < -0.4 is 5.73 Å². The number of phenols is 3. The smallest absolute Gasteiger partial charge is 0.128 e. The number of phenolic OH excluding ortho intramolecular Hbond substituents is 3. The average Bonchev–Trinajstić information content (AvgIpc) is 2.01. The largest absolute Gasteiger partial charge is 0.508 e. The van der Waals surface area contributed by atoms with Crippen LogP contribution >= 0.6 is 0 Å². The molecule has 0 aliphatic carbocycles. The van der Waals surface area contributed by atoms with Crippen LogP contribution in [0.1, 0.15) is 12.5 Å². The molecule has 0 heterocycles. The van der Waals surface area contributed by atoms with E-state index in [9.17, 15) is 10.2 Å². The highest BCUT2D eigenvalue weighted by molar-refractivity contribution is 5.53. The van der Waals surface area contributed by atoms with Crippen molar-refractivity contribution in [1.82, 2.24) is 0 Å². The second kappa shape index (κ2) is 3.23. The minimum atomic E-state index is -1.04. The number of benzene rings is 1. The summed E-state index contributed by atoms with van der Waals surface area (Å²) in [5, 5.41) is 28.1. The van der Waals surface area contributed by atoms with Crippen LogP contribution in [-0.4, -0.2) is 15.3 Å². The van der Waals surface area contributed by atoms with Crippen LogP contribution in [0, 0.1) is 0 Å². The summed E-state index contributed by atoms with van der Waals surface area (Å²) in [7, 11) is 0. The van der Waals surface area contributed by atoms with E-state index in [1.165, 1.54) is 6.08 Å². The zero-order valence-corrected chi connectivity index (χ0v) is 7.86. The summed E-state index contributed by atoms with van der Waals surface area (Å²) in [4.78, 5) is 0. The highest BCUT2D eigenvalue weighted by Crippen LogP contribution is 2.38. The third kappa shape index (κ3) is 1.65. The van der Waals surface area contributed by atoms with Crippen molar-refractivity contribution in [2.75, 3.05) is 0 Å². The quantitative estimate of drug-likeness (QED) is 0.533. The Hall–Kier alpha value is -1.68. The third-order valence-electron chi connectivity index (χ3n) is 2.04. The first kappa shape index (κ1) is 10.4. The Labute approximate surface area is 81.9 Å². The molecule has 0 unspecified atom stereocenters. The van der Waals surface area contributed by atoms with Gasteiger partial charge in [-0.3, -0.25) is 0 Å². The van der Waals surface area contributed by atoms with Gasteiger partial charge in [-0.2, -0.15) is 0 Å². The molecule has 1 aromatic rings. The molecule has 0 fully saturated rings. The first-order valence-electron chi connectivity index (χ1n) is 4.06. The molecule has 0 aliphatic rings. The summed E-state index contributed by atoms with van der Waals surface area (Å²) >= 11 is 0.